The van der Waals surface area contributed by atoms with Crippen LogP contribution in [-0.2, 0) is 0 Å². The first-order valence-electron chi connectivity index (χ1n) is 8.89. The molecule has 7 heteroatoms. The number of benzene rings is 2. The number of imidazole rings is 1. The number of H-pyrrole nitrogens is 1. The van der Waals surface area contributed by atoms with E-state index in [2.05, 4.69) is 9.97 Å². The number of carbonyl (C=O) groups is 2. The van der Waals surface area contributed by atoms with Crippen LogP contribution in [-0.4, -0.2) is 57.8 Å². The summed E-state index contributed by atoms with van der Waals surface area (Å²) in [4.78, 5) is 36.4. The fraction of sp³-hybridized carbons (Fsp3) is 0.250. The Kier molecular flexibility index (Phi) is 4.81. The van der Waals surface area contributed by atoms with Crippen LogP contribution in [0.15, 0.2) is 48.8 Å². The van der Waals surface area contributed by atoms with Crippen molar-refractivity contribution >= 4 is 34.4 Å². The van der Waals surface area contributed by atoms with Gasteiger partial charge >= 0.3 is 0 Å². The Balaban J connectivity index is 1.46. The zero-order valence-electron chi connectivity index (χ0n) is 14.7. The minimum atomic E-state index is -0.0503. The summed E-state index contributed by atoms with van der Waals surface area (Å²) in [6, 6.07) is 12.4. The molecule has 0 atom stereocenters. The van der Waals surface area contributed by atoms with E-state index >= 15 is 0 Å². The topological polar surface area (TPSA) is 69.3 Å². The van der Waals surface area contributed by atoms with E-state index in [9.17, 15) is 9.59 Å². The Hall–Kier alpha value is -2.86. The highest BCUT2D eigenvalue weighted by molar-refractivity contribution is 6.30. The highest BCUT2D eigenvalue weighted by atomic mass is 35.5. The predicted molar refractivity (Wildman–Crippen MR) is 104 cm³/mol. The molecule has 0 unspecified atom stereocenters. The average molecular weight is 383 g/mol. The summed E-state index contributed by atoms with van der Waals surface area (Å²) in [5.74, 6) is -0.0748. The van der Waals surface area contributed by atoms with Crippen LogP contribution in [0.1, 0.15) is 27.1 Å². The molecule has 0 aliphatic carbocycles. The molecule has 2 heterocycles. The molecule has 1 aromatic heterocycles. The SMILES string of the molecule is O=C(c1cccc(Cl)c1)N1CCCN(C(=O)c2ccc3nc[nH]c3c2)CC1. The third kappa shape index (κ3) is 3.66. The number of nitrogens with zero attached hydrogens (tertiary/aromatic N) is 3. The number of halogens is 1. The lowest BCUT2D eigenvalue weighted by atomic mass is 10.1. The zero-order chi connectivity index (χ0) is 18.8. The molecule has 2 amide bonds. The number of fused-ring (bicyclic) bond motifs is 1. The summed E-state index contributed by atoms with van der Waals surface area (Å²) in [5.41, 5.74) is 2.88. The molecular formula is C20H19ClN4O2. The number of rotatable bonds is 2. The molecule has 1 saturated heterocycles. The Morgan fingerprint density at radius 2 is 1.63 bits per heavy atom. The Morgan fingerprint density at radius 1 is 0.926 bits per heavy atom. The van der Waals surface area contributed by atoms with Gasteiger partial charge in [-0.2, -0.15) is 0 Å². The van der Waals surface area contributed by atoms with Crippen LogP contribution in [0.25, 0.3) is 11.0 Å². The van der Waals surface area contributed by atoms with Gasteiger partial charge in [0.05, 0.1) is 17.4 Å². The maximum absolute atomic E-state index is 12.9. The number of amides is 2. The molecule has 1 N–H and O–H groups in total. The molecule has 1 aliphatic rings. The molecule has 1 aliphatic heterocycles. The van der Waals surface area contributed by atoms with Crippen LogP contribution in [0.3, 0.4) is 0 Å². The molecule has 6 nitrogen and oxygen atoms in total. The van der Waals surface area contributed by atoms with Gasteiger partial charge in [-0.25, -0.2) is 4.98 Å². The van der Waals surface area contributed by atoms with Crippen molar-refractivity contribution in [2.24, 2.45) is 0 Å². The maximum Gasteiger partial charge on any atom is 0.253 e. The van der Waals surface area contributed by atoms with Gasteiger partial charge in [-0.1, -0.05) is 17.7 Å². The third-order valence-corrected chi connectivity index (χ3v) is 5.04. The van der Waals surface area contributed by atoms with Crippen molar-refractivity contribution in [2.45, 2.75) is 6.42 Å². The van der Waals surface area contributed by atoms with Gasteiger partial charge in [-0.3, -0.25) is 9.59 Å². The van der Waals surface area contributed by atoms with Crippen LogP contribution in [0, 0.1) is 0 Å². The van der Waals surface area contributed by atoms with Gasteiger partial charge in [0.1, 0.15) is 0 Å². The molecule has 27 heavy (non-hydrogen) atoms. The molecule has 138 valence electrons. The van der Waals surface area contributed by atoms with E-state index in [0.717, 1.165) is 17.5 Å². The third-order valence-electron chi connectivity index (χ3n) is 4.81. The number of hydrogen-bond acceptors (Lipinski definition) is 3. The van der Waals surface area contributed by atoms with E-state index in [1.54, 1.807) is 41.6 Å². The largest absolute Gasteiger partial charge is 0.345 e. The number of aromatic amines is 1. The van der Waals surface area contributed by atoms with Crippen LogP contribution in [0.5, 0.6) is 0 Å². The van der Waals surface area contributed by atoms with Crippen molar-refractivity contribution in [2.75, 3.05) is 26.2 Å². The normalized spacial score (nSPS) is 15.0. The number of nitrogens with one attached hydrogen (secondary N) is 1. The minimum absolute atomic E-state index is 0.0245. The lowest BCUT2D eigenvalue weighted by molar-refractivity contribution is 0.0719. The lowest BCUT2D eigenvalue weighted by Crippen LogP contribution is -2.37. The van der Waals surface area contributed by atoms with Crippen molar-refractivity contribution in [3.8, 4) is 0 Å². The van der Waals surface area contributed by atoms with Crippen molar-refractivity contribution in [1.29, 1.82) is 0 Å². The van der Waals surface area contributed by atoms with Gasteiger partial charge in [0.2, 0.25) is 0 Å². The van der Waals surface area contributed by atoms with Gasteiger partial charge in [-0.15, -0.1) is 0 Å². The monoisotopic (exact) mass is 382 g/mol. The van der Waals surface area contributed by atoms with Crippen LogP contribution >= 0.6 is 11.6 Å². The van der Waals surface area contributed by atoms with Crippen LogP contribution in [0.2, 0.25) is 5.02 Å². The summed E-state index contributed by atoms with van der Waals surface area (Å²) in [6.45, 7) is 2.25. The van der Waals surface area contributed by atoms with E-state index in [-0.39, 0.29) is 11.8 Å². The number of carbonyl (C=O) groups excluding carboxylic acids is 2. The molecule has 0 bridgehead atoms. The molecular weight excluding hydrogens is 364 g/mol. The van der Waals surface area contributed by atoms with Crippen molar-refractivity contribution < 1.29 is 9.59 Å². The highest BCUT2D eigenvalue weighted by Gasteiger charge is 2.24. The van der Waals surface area contributed by atoms with E-state index < -0.39 is 0 Å². The van der Waals surface area contributed by atoms with Crippen molar-refractivity contribution in [3.05, 3.63) is 64.9 Å². The minimum Gasteiger partial charge on any atom is -0.345 e. The first-order chi connectivity index (χ1) is 13.1. The van der Waals surface area contributed by atoms with Gasteiger partial charge in [-0.05, 0) is 42.8 Å². The van der Waals surface area contributed by atoms with Crippen molar-refractivity contribution in [3.63, 3.8) is 0 Å². The summed E-state index contributed by atoms with van der Waals surface area (Å²) in [7, 11) is 0. The van der Waals surface area contributed by atoms with E-state index in [0.29, 0.717) is 42.3 Å². The second-order valence-corrected chi connectivity index (χ2v) is 7.02. The first kappa shape index (κ1) is 17.5. The first-order valence-corrected chi connectivity index (χ1v) is 9.27. The van der Waals surface area contributed by atoms with Crippen LogP contribution < -0.4 is 0 Å². The van der Waals surface area contributed by atoms with Gasteiger partial charge in [0.25, 0.3) is 11.8 Å². The fourth-order valence-electron chi connectivity index (χ4n) is 3.38. The van der Waals surface area contributed by atoms with E-state index in [1.807, 2.05) is 17.0 Å². The van der Waals surface area contributed by atoms with Crippen LogP contribution in [0.4, 0.5) is 0 Å². The average Bonchev–Trinajstić information content (AvgIpc) is 3.01. The smallest absolute Gasteiger partial charge is 0.253 e. The zero-order valence-corrected chi connectivity index (χ0v) is 15.4. The molecule has 4 rings (SSSR count). The number of hydrogen-bond donors (Lipinski definition) is 1. The molecule has 0 radical (unpaired) electrons. The quantitative estimate of drug-likeness (QED) is 0.740. The van der Waals surface area contributed by atoms with Crippen molar-refractivity contribution in [1.82, 2.24) is 19.8 Å². The summed E-state index contributed by atoms with van der Waals surface area (Å²) >= 11 is 6.00. The highest BCUT2D eigenvalue weighted by Crippen LogP contribution is 2.17. The summed E-state index contributed by atoms with van der Waals surface area (Å²) < 4.78 is 0. The Bertz CT molecular complexity index is 1000. The molecule has 0 saturated carbocycles. The number of aromatic nitrogens is 2. The second-order valence-electron chi connectivity index (χ2n) is 6.58. The predicted octanol–water partition coefficient (Wildman–Crippen LogP) is 3.20. The summed E-state index contributed by atoms with van der Waals surface area (Å²) in [5, 5.41) is 0.543. The second kappa shape index (κ2) is 7.40. The van der Waals surface area contributed by atoms with Gasteiger partial charge < -0.3 is 14.8 Å². The molecule has 2 aromatic carbocycles. The maximum atomic E-state index is 12.9. The standard InChI is InChI=1S/C20H19ClN4O2/c21-16-4-1-3-14(11-16)19(26)24-7-2-8-25(10-9-24)20(27)15-5-6-17-18(12-15)23-13-22-17/h1,3-6,11-13H,2,7-10H2,(H,22,23). The Labute approximate surface area is 161 Å². The molecule has 0 spiro atoms. The van der Waals surface area contributed by atoms with E-state index in [4.69, 9.17) is 11.6 Å². The van der Waals surface area contributed by atoms with Gasteiger partial charge in [0.15, 0.2) is 0 Å². The lowest BCUT2D eigenvalue weighted by Gasteiger charge is -2.22. The molecule has 1 fully saturated rings. The molecule has 3 aromatic rings. The van der Waals surface area contributed by atoms with E-state index in [1.165, 1.54) is 0 Å². The fourth-order valence-corrected chi connectivity index (χ4v) is 3.57. The van der Waals surface area contributed by atoms with Gasteiger partial charge in [0, 0.05) is 42.3 Å². The summed E-state index contributed by atoms with van der Waals surface area (Å²) in [6.07, 6.45) is 2.36. The Morgan fingerprint density at radius 3 is 2.33 bits per heavy atom.